The lowest BCUT2D eigenvalue weighted by atomic mass is 9.95. The summed E-state index contributed by atoms with van der Waals surface area (Å²) in [5, 5.41) is 3.43. The van der Waals surface area contributed by atoms with Gasteiger partial charge in [0.2, 0.25) is 0 Å². The van der Waals surface area contributed by atoms with E-state index in [2.05, 4.69) is 24.3 Å². The number of likely N-dealkylation sites (N-methyl/N-ethyl adjacent to an activating group) is 1. The maximum Gasteiger partial charge on any atom is 0.123 e. The van der Waals surface area contributed by atoms with Crippen LogP contribution in [0.25, 0.3) is 0 Å². The van der Waals surface area contributed by atoms with Crippen LogP contribution >= 0.6 is 0 Å². The van der Waals surface area contributed by atoms with Crippen LogP contribution in [0.3, 0.4) is 0 Å². The molecule has 0 spiro atoms. The molecule has 1 aliphatic heterocycles. The summed E-state index contributed by atoms with van der Waals surface area (Å²) >= 11 is 0. The monoisotopic (exact) mass is 208 g/mol. The number of nitrogens with zero attached hydrogens (tertiary/aromatic N) is 1. The molecule has 0 aliphatic carbocycles. The van der Waals surface area contributed by atoms with Crippen molar-refractivity contribution in [2.75, 3.05) is 20.6 Å². The molecule has 2 rings (SSSR count). The van der Waals surface area contributed by atoms with E-state index in [0.717, 1.165) is 25.1 Å². The Morgan fingerprint density at radius 3 is 2.93 bits per heavy atom. The van der Waals surface area contributed by atoms with Crippen molar-refractivity contribution in [3.8, 4) is 0 Å². The Morgan fingerprint density at radius 2 is 2.20 bits per heavy atom. The zero-order valence-corrected chi connectivity index (χ0v) is 9.26. The van der Waals surface area contributed by atoms with Gasteiger partial charge in [-0.25, -0.2) is 4.39 Å². The van der Waals surface area contributed by atoms with Gasteiger partial charge in [-0.2, -0.15) is 0 Å². The molecule has 0 fully saturated rings. The molecule has 3 heteroatoms. The quantitative estimate of drug-likeness (QED) is 0.790. The van der Waals surface area contributed by atoms with E-state index < -0.39 is 0 Å². The van der Waals surface area contributed by atoms with Crippen LogP contribution in [0.2, 0.25) is 0 Å². The first-order valence-corrected chi connectivity index (χ1v) is 5.30. The number of rotatable bonds is 2. The Bertz CT molecular complexity index is 349. The highest BCUT2D eigenvalue weighted by atomic mass is 19.1. The van der Waals surface area contributed by atoms with Gasteiger partial charge in [0, 0.05) is 19.1 Å². The third kappa shape index (κ3) is 2.55. The van der Waals surface area contributed by atoms with E-state index in [1.807, 2.05) is 6.07 Å². The summed E-state index contributed by atoms with van der Waals surface area (Å²) < 4.78 is 13.0. The summed E-state index contributed by atoms with van der Waals surface area (Å²) in [5.74, 6) is -0.137. The molecular weight excluding hydrogens is 191 g/mol. The molecule has 0 aromatic heterocycles. The minimum absolute atomic E-state index is 0.137. The maximum absolute atomic E-state index is 13.0. The van der Waals surface area contributed by atoms with Crippen LogP contribution in [0.15, 0.2) is 18.2 Å². The highest BCUT2D eigenvalue weighted by Crippen LogP contribution is 2.18. The van der Waals surface area contributed by atoms with Crippen LogP contribution in [0, 0.1) is 5.82 Å². The van der Waals surface area contributed by atoms with Crippen LogP contribution in [0.5, 0.6) is 0 Å². The summed E-state index contributed by atoms with van der Waals surface area (Å²) in [4.78, 5) is 2.17. The smallest absolute Gasteiger partial charge is 0.123 e. The Kier molecular flexibility index (Phi) is 3.03. The van der Waals surface area contributed by atoms with E-state index in [-0.39, 0.29) is 5.82 Å². The van der Waals surface area contributed by atoms with Crippen molar-refractivity contribution in [1.82, 2.24) is 10.2 Å². The second-order valence-electron chi connectivity index (χ2n) is 4.46. The molecule has 1 aliphatic rings. The molecule has 1 atom stereocenters. The Balaban J connectivity index is 2.10. The van der Waals surface area contributed by atoms with Crippen molar-refractivity contribution in [3.63, 3.8) is 0 Å². The van der Waals surface area contributed by atoms with Crippen molar-refractivity contribution in [1.29, 1.82) is 0 Å². The lowest BCUT2D eigenvalue weighted by Gasteiger charge is -2.28. The lowest BCUT2D eigenvalue weighted by molar-refractivity contribution is 0.326. The van der Waals surface area contributed by atoms with E-state index in [4.69, 9.17) is 0 Å². The third-order valence-electron chi connectivity index (χ3n) is 2.80. The van der Waals surface area contributed by atoms with E-state index in [1.54, 1.807) is 12.1 Å². The fraction of sp³-hybridized carbons (Fsp3) is 0.500. The van der Waals surface area contributed by atoms with Crippen molar-refractivity contribution < 1.29 is 4.39 Å². The largest absolute Gasteiger partial charge is 0.308 e. The summed E-state index contributed by atoms with van der Waals surface area (Å²) in [6, 6.07) is 5.58. The molecule has 0 bridgehead atoms. The molecule has 0 saturated carbocycles. The topological polar surface area (TPSA) is 15.3 Å². The van der Waals surface area contributed by atoms with E-state index in [0.29, 0.717) is 6.04 Å². The standard InChI is InChI=1S/C12H17FN2/c1-15(2)8-12-6-9-3-4-11(13)5-10(9)7-14-12/h3-5,12,14H,6-8H2,1-2H3. The molecule has 2 nitrogen and oxygen atoms in total. The van der Waals surface area contributed by atoms with Gasteiger partial charge in [0.25, 0.3) is 0 Å². The van der Waals surface area contributed by atoms with Crippen molar-refractivity contribution in [2.24, 2.45) is 0 Å². The van der Waals surface area contributed by atoms with Gasteiger partial charge < -0.3 is 10.2 Å². The van der Waals surface area contributed by atoms with Crippen LogP contribution in [0.4, 0.5) is 4.39 Å². The van der Waals surface area contributed by atoms with Gasteiger partial charge in [0.15, 0.2) is 0 Å². The van der Waals surface area contributed by atoms with Crippen molar-refractivity contribution in [3.05, 3.63) is 35.1 Å². The van der Waals surface area contributed by atoms with Crippen LogP contribution in [-0.2, 0) is 13.0 Å². The number of hydrogen-bond acceptors (Lipinski definition) is 2. The zero-order chi connectivity index (χ0) is 10.8. The van der Waals surface area contributed by atoms with Gasteiger partial charge in [-0.15, -0.1) is 0 Å². The maximum atomic E-state index is 13.0. The highest BCUT2D eigenvalue weighted by Gasteiger charge is 2.18. The molecule has 0 saturated heterocycles. The molecular formula is C12H17FN2. The number of benzene rings is 1. The predicted octanol–water partition coefficient (Wildman–Crippen LogP) is 1.40. The second-order valence-corrected chi connectivity index (χ2v) is 4.46. The van der Waals surface area contributed by atoms with E-state index in [1.165, 1.54) is 5.56 Å². The fourth-order valence-corrected chi connectivity index (χ4v) is 2.12. The average molecular weight is 208 g/mol. The van der Waals surface area contributed by atoms with Gasteiger partial charge >= 0.3 is 0 Å². The van der Waals surface area contributed by atoms with E-state index in [9.17, 15) is 4.39 Å². The lowest BCUT2D eigenvalue weighted by Crippen LogP contribution is -2.42. The minimum Gasteiger partial charge on any atom is -0.308 e. The first-order valence-electron chi connectivity index (χ1n) is 5.30. The third-order valence-corrected chi connectivity index (χ3v) is 2.80. The van der Waals surface area contributed by atoms with Gasteiger partial charge in [0.05, 0.1) is 0 Å². The minimum atomic E-state index is -0.137. The molecule has 0 radical (unpaired) electrons. The molecule has 15 heavy (non-hydrogen) atoms. The van der Waals surface area contributed by atoms with Crippen LogP contribution in [0.1, 0.15) is 11.1 Å². The molecule has 1 heterocycles. The summed E-state index contributed by atoms with van der Waals surface area (Å²) in [7, 11) is 4.14. The molecule has 82 valence electrons. The van der Waals surface area contributed by atoms with Crippen molar-refractivity contribution in [2.45, 2.75) is 19.0 Å². The predicted molar refractivity (Wildman–Crippen MR) is 59.3 cm³/mol. The number of nitrogens with one attached hydrogen (secondary N) is 1. The van der Waals surface area contributed by atoms with Crippen LogP contribution < -0.4 is 5.32 Å². The summed E-state index contributed by atoms with van der Waals surface area (Å²) in [6.07, 6.45) is 0.994. The number of halogens is 1. The van der Waals surface area contributed by atoms with Crippen LogP contribution in [-0.4, -0.2) is 31.6 Å². The molecule has 1 aromatic rings. The average Bonchev–Trinajstić information content (AvgIpc) is 2.17. The Labute approximate surface area is 90.1 Å². The second kappa shape index (κ2) is 4.29. The first-order chi connectivity index (χ1) is 7.15. The van der Waals surface area contributed by atoms with E-state index >= 15 is 0 Å². The molecule has 0 amide bonds. The molecule has 1 aromatic carbocycles. The fourth-order valence-electron chi connectivity index (χ4n) is 2.12. The van der Waals surface area contributed by atoms with Gasteiger partial charge in [0.1, 0.15) is 5.82 Å². The molecule has 1 N–H and O–H groups in total. The summed E-state index contributed by atoms with van der Waals surface area (Å²) in [5.41, 5.74) is 2.38. The zero-order valence-electron chi connectivity index (χ0n) is 9.26. The Hall–Kier alpha value is -0.930. The molecule has 1 unspecified atom stereocenters. The normalized spacial score (nSPS) is 20.4. The SMILES string of the molecule is CN(C)CC1Cc2ccc(F)cc2CN1. The van der Waals surface area contributed by atoms with Crippen molar-refractivity contribution >= 4 is 0 Å². The first kappa shape index (κ1) is 10.6. The van der Waals surface area contributed by atoms with Gasteiger partial charge in [-0.3, -0.25) is 0 Å². The Morgan fingerprint density at radius 1 is 1.40 bits per heavy atom. The highest BCUT2D eigenvalue weighted by molar-refractivity contribution is 5.30. The van der Waals surface area contributed by atoms with Gasteiger partial charge in [-0.1, -0.05) is 6.07 Å². The van der Waals surface area contributed by atoms with Gasteiger partial charge in [-0.05, 0) is 43.8 Å². The number of fused-ring (bicyclic) bond motifs is 1. The number of hydrogen-bond donors (Lipinski definition) is 1. The summed E-state index contributed by atoms with van der Waals surface area (Å²) in [6.45, 7) is 1.81.